The summed E-state index contributed by atoms with van der Waals surface area (Å²) >= 11 is 0. The van der Waals surface area contributed by atoms with Crippen LogP contribution in [0.15, 0.2) is 48.5 Å². The molecule has 2 aromatic rings. The van der Waals surface area contributed by atoms with Crippen molar-refractivity contribution in [3.05, 3.63) is 65.2 Å². The van der Waals surface area contributed by atoms with Gasteiger partial charge in [-0.05, 0) is 56.2 Å². The normalized spacial score (nSPS) is 18.0. The van der Waals surface area contributed by atoms with Crippen molar-refractivity contribution in [2.24, 2.45) is 11.8 Å². The monoisotopic (exact) mass is 423 g/mol. The summed E-state index contributed by atoms with van der Waals surface area (Å²) in [5, 5.41) is 12.1. The predicted octanol–water partition coefficient (Wildman–Crippen LogP) is 2.90. The van der Waals surface area contributed by atoms with Crippen molar-refractivity contribution in [1.29, 1.82) is 0 Å². The molecule has 2 atom stereocenters. The van der Waals surface area contributed by atoms with Crippen LogP contribution in [0.25, 0.3) is 0 Å². The molecule has 0 heterocycles. The minimum atomic E-state index is -0.991. The molecule has 1 fully saturated rings. The number of hydrogen-bond acceptors (Lipinski definition) is 4. The number of carboxylic acid groups (broad SMARTS) is 1. The molecular formula is C23H25N3O5. The standard InChI is InChI=1S/C23H25N3O5/c1-14-5-4-6-16(13-14)20(27)24-17-11-9-15(10-12-17)21(28)25-26-22(29)18-7-2-3-8-19(18)23(30)31/h4-6,9-13,18-19H,2-3,7-8H2,1H3,(H,24,27)(H,25,28)(H,26,29)(H,30,31)/t18-,19-/m1/s1. The zero-order valence-electron chi connectivity index (χ0n) is 17.2. The lowest BCUT2D eigenvalue weighted by atomic mass is 9.79. The molecule has 2 aromatic carbocycles. The number of anilines is 1. The van der Waals surface area contributed by atoms with Crippen LogP contribution in [0.4, 0.5) is 5.69 Å². The van der Waals surface area contributed by atoms with Crippen LogP contribution in [-0.2, 0) is 9.59 Å². The highest BCUT2D eigenvalue weighted by atomic mass is 16.4. The minimum Gasteiger partial charge on any atom is -0.481 e. The van der Waals surface area contributed by atoms with E-state index in [1.807, 2.05) is 13.0 Å². The molecule has 0 aromatic heterocycles. The first kappa shape index (κ1) is 22.0. The van der Waals surface area contributed by atoms with Crippen molar-refractivity contribution >= 4 is 29.4 Å². The zero-order valence-corrected chi connectivity index (χ0v) is 17.2. The van der Waals surface area contributed by atoms with Crippen molar-refractivity contribution in [3.63, 3.8) is 0 Å². The molecule has 1 aliphatic rings. The first-order chi connectivity index (χ1) is 14.8. The lowest BCUT2D eigenvalue weighted by molar-refractivity contribution is -0.149. The average molecular weight is 423 g/mol. The van der Waals surface area contributed by atoms with Gasteiger partial charge in [0.1, 0.15) is 0 Å². The van der Waals surface area contributed by atoms with Crippen molar-refractivity contribution in [2.45, 2.75) is 32.6 Å². The molecule has 1 saturated carbocycles. The van der Waals surface area contributed by atoms with Crippen molar-refractivity contribution in [2.75, 3.05) is 5.32 Å². The number of carboxylic acids is 1. The highest BCUT2D eigenvalue weighted by molar-refractivity contribution is 6.04. The maximum absolute atomic E-state index is 12.3. The summed E-state index contributed by atoms with van der Waals surface area (Å²) in [5.41, 5.74) is 6.99. The Balaban J connectivity index is 1.54. The van der Waals surface area contributed by atoms with Gasteiger partial charge in [-0.2, -0.15) is 0 Å². The average Bonchev–Trinajstić information content (AvgIpc) is 2.77. The molecule has 0 unspecified atom stereocenters. The number of aryl methyl sites for hydroxylation is 1. The Labute approximate surface area is 180 Å². The van der Waals surface area contributed by atoms with Gasteiger partial charge >= 0.3 is 5.97 Å². The van der Waals surface area contributed by atoms with E-state index in [0.29, 0.717) is 24.1 Å². The van der Waals surface area contributed by atoms with Gasteiger partial charge < -0.3 is 10.4 Å². The van der Waals surface area contributed by atoms with Gasteiger partial charge in [0.05, 0.1) is 11.8 Å². The van der Waals surface area contributed by atoms with E-state index in [1.165, 1.54) is 12.1 Å². The zero-order chi connectivity index (χ0) is 22.4. The Morgan fingerprint density at radius 1 is 0.839 bits per heavy atom. The molecule has 0 radical (unpaired) electrons. The summed E-state index contributed by atoms with van der Waals surface area (Å²) in [5.74, 6) is -3.68. The number of rotatable bonds is 5. The van der Waals surface area contributed by atoms with E-state index in [-0.39, 0.29) is 11.5 Å². The van der Waals surface area contributed by atoms with Gasteiger partial charge in [0.2, 0.25) is 5.91 Å². The number of carbonyl (C=O) groups is 4. The van der Waals surface area contributed by atoms with Gasteiger partial charge in [-0.25, -0.2) is 0 Å². The maximum Gasteiger partial charge on any atom is 0.307 e. The van der Waals surface area contributed by atoms with Crippen molar-refractivity contribution in [1.82, 2.24) is 10.9 Å². The van der Waals surface area contributed by atoms with Crippen molar-refractivity contribution < 1.29 is 24.3 Å². The largest absolute Gasteiger partial charge is 0.481 e. The summed E-state index contributed by atoms with van der Waals surface area (Å²) in [4.78, 5) is 48.3. The second-order valence-electron chi connectivity index (χ2n) is 7.68. The fraction of sp³-hybridized carbons (Fsp3) is 0.304. The molecule has 0 aliphatic heterocycles. The minimum absolute atomic E-state index is 0.256. The molecule has 3 amide bonds. The molecule has 1 aliphatic carbocycles. The van der Waals surface area contributed by atoms with E-state index in [1.54, 1.807) is 30.3 Å². The number of amides is 3. The third-order valence-electron chi connectivity index (χ3n) is 5.40. The second-order valence-corrected chi connectivity index (χ2v) is 7.68. The van der Waals surface area contributed by atoms with Crippen LogP contribution in [0.1, 0.15) is 52.0 Å². The molecule has 8 nitrogen and oxygen atoms in total. The van der Waals surface area contributed by atoms with Crippen LogP contribution in [0, 0.1) is 18.8 Å². The summed E-state index contributed by atoms with van der Waals surface area (Å²) in [6.45, 7) is 1.90. The SMILES string of the molecule is Cc1cccc(C(=O)Nc2ccc(C(=O)NNC(=O)[C@@H]3CCCC[C@H]3C(=O)O)cc2)c1. The van der Waals surface area contributed by atoms with Crippen LogP contribution in [-0.4, -0.2) is 28.8 Å². The molecule has 3 rings (SSSR count). The van der Waals surface area contributed by atoms with Crippen LogP contribution >= 0.6 is 0 Å². The Morgan fingerprint density at radius 3 is 2.16 bits per heavy atom. The summed E-state index contributed by atoms with van der Waals surface area (Å²) in [7, 11) is 0. The highest BCUT2D eigenvalue weighted by Crippen LogP contribution is 2.30. The van der Waals surface area contributed by atoms with E-state index >= 15 is 0 Å². The number of carbonyl (C=O) groups excluding carboxylic acids is 3. The van der Waals surface area contributed by atoms with Gasteiger partial charge in [0.25, 0.3) is 11.8 Å². The third kappa shape index (κ3) is 5.69. The smallest absolute Gasteiger partial charge is 0.307 e. The molecular weight excluding hydrogens is 398 g/mol. The maximum atomic E-state index is 12.3. The Bertz CT molecular complexity index is 987. The number of hydrogen-bond donors (Lipinski definition) is 4. The Kier molecular flexibility index (Phi) is 7.02. The van der Waals surface area contributed by atoms with Gasteiger partial charge in [-0.1, -0.05) is 30.5 Å². The van der Waals surface area contributed by atoms with Gasteiger partial charge in [0.15, 0.2) is 0 Å². The third-order valence-corrected chi connectivity index (χ3v) is 5.40. The van der Waals surface area contributed by atoms with Crippen LogP contribution in [0.5, 0.6) is 0 Å². The predicted molar refractivity (Wildman–Crippen MR) is 114 cm³/mol. The second kappa shape index (κ2) is 9.88. The first-order valence-corrected chi connectivity index (χ1v) is 10.2. The van der Waals surface area contributed by atoms with E-state index < -0.39 is 29.6 Å². The van der Waals surface area contributed by atoms with Gasteiger partial charge in [-0.15, -0.1) is 0 Å². The molecule has 8 heteroatoms. The lowest BCUT2D eigenvalue weighted by Gasteiger charge is -2.27. The quantitative estimate of drug-likeness (QED) is 0.551. The molecule has 31 heavy (non-hydrogen) atoms. The van der Waals surface area contributed by atoms with Crippen molar-refractivity contribution in [3.8, 4) is 0 Å². The number of hydrazine groups is 1. The van der Waals surface area contributed by atoms with Crippen LogP contribution < -0.4 is 16.2 Å². The van der Waals surface area contributed by atoms with E-state index in [9.17, 15) is 24.3 Å². The summed E-state index contributed by atoms with van der Waals surface area (Å²) < 4.78 is 0. The summed E-state index contributed by atoms with van der Waals surface area (Å²) in [6.07, 6.45) is 2.50. The van der Waals surface area contributed by atoms with E-state index in [0.717, 1.165) is 18.4 Å². The number of aliphatic carboxylic acids is 1. The molecule has 0 bridgehead atoms. The number of nitrogens with one attached hydrogen (secondary N) is 3. The first-order valence-electron chi connectivity index (χ1n) is 10.2. The van der Waals surface area contributed by atoms with Gasteiger partial charge in [-0.3, -0.25) is 30.0 Å². The van der Waals surface area contributed by atoms with Crippen LogP contribution in [0.2, 0.25) is 0 Å². The Hall–Kier alpha value is -3.68. The Morgan fingerprint density at radius 2 is 1.52 bits per heavy atom. The topological polar surface area (TPSA) is 125 Å². The molecule has 4 N–H and O–H groups in total. The molecule has 162 valence electrons. The lowest BCUT2D eigenvalue weighted by Crippen LogP contribution is -2.47. The fourth-order valence-corrected chi connectivity index (χ4v) is 3.72. The van der Waals surface area contributed by atoms with E-state index in [4.69, 9.17) is 0 Å². The van der Waals surface area contributed by atoms with E-state index in [2.05, 4.69) is 16.2 Å². The number of benzene rings is 2. The molecule has 0 saturated heterocycles. The fourth-order valence-electron chi connectivity index (χ4n) is 3.72. The molecule has 0 spiro atoms. The van der Waals surface area contributed by atoms with Gasteiger partial charge in [0, 0.05) is 16.8 Å². The summed E-state index contributed by atoms with van der Waals surface area (Å²) in [6, 6.07) is 13.4. The van der Waals surface area contributed by atoms with Crippen LogP contribution in [0.3, 0.4) is 0 Å². The highest BCUT2D eigenvalue weighted by Gasteiger charge is 2.35.